The maximum absolute atomic E-state index is 8.83. The first-order valence-corrected chi connectivity index (χ1v) is 15.9. The zero-order valence-corrected chi connectivity index (χ0v) is 30.8. The molecular weight excluding hydrogens is 554 g/mol. The summed E-state index contributed by atoms with van der Waals surface area (Å²) in [5, 5.41) is 16.8. The summed E-state index contributed by atoms with van der Waals surface area (Å²) in [7, 11) is 1.69. The van der Waals surface area contributed by atoms with E-state index >= 15 is 0 Å². The van der Waals surface area contributed by atoms with Gasteiger partial charge in [0.2, 0.25) is 0 Å². The molecule has 2 aromatic rings. The van der Waals surface area contributed by atoms with E-state index in [4.69, 9.17) is 9.90 Å². The molecule has 0 atom stereocenters. The molecule has 0 aromatic heterocycles. The number of aryl methyl sites for hydroxylation is 2. The first kappa shape index (κ1) is 48.3. The Morgan fingerprint density at radius 2 is 1.42 bits per heavy atom. The van der Waals surface area contributed by atoms with Crippen LogP contribution in [-0.4, -0.2) is 30.8 Å². The Labute approximate surface area is 278 Å². The fraction of sp³-hybridized carbons (Fsp3) is 0.500. The molecule has 0 aliphatic carbocycles. The van der Waals surface area contributed by atoms with E-state index in [0.29, 0.717) is 0 Å². The maximum atomic E-state index is 8.83. The zero-order valence-electron chi connectivity index (χ0n) is 30.8. The molecule has 2 rings (SSSR count). The zero-order chi connectivity index (χ0) is 35.8. The van der Waals surface area contributed by atoms with E-state index in [1.165, 1.54) is 47.9 Å². The third-order valence-corrected chi connectivity index (χ3v) is 6.46. The molecule has 0 unspecified atom stereocenters. The van der Waals surface area contributed by atoms with Crippen molar-refractivity contribution in [3.8, 4) is 24.0 Å². The number of azo groups is 1. The predicted molar refractivity (Wildman–Crippen MR) is 202 cm³/mol. The van der Waals surface area contributed by atoms with Crippen LogP contribution in [0.4, 0.5) is 5.69 Å². The summed E-state index contributed by atoms with van der Waals surface area (Å²) in [4.78, 5) is 12.1. The lowest BCUT2D eigenvalue weighted by atomic mass is 10.0. The van der Waals surface area contributed by atoms with Crippen LogP contribution in [0.25, 0.3) is 11.1 Å². The number of aliphatic hydroxyl groups is 1. The number of nitrogens with zero attached hydrogens (tertiary/aromatic N) is 3. The van der Waals surface area contributed by atoms with Crippen molar-refractivity contribution in [2.45, 2.75) is 120 Å². The summed E-state index contributed by atoms with van der Waals surface area (Å²) in [6.45, 7) is 28.2. The van der Waals surface area contributed by atoms with Gasteiger partial charge in [0.15, 0.2) is 0 Å². The molecule has 0 radical (unpaired) electrons. The van der Waals surface area contributed by atoms with E-state index in [0.717, 1.165) is 35.7 Å². The van der Waals surface area contributed by atoms with Crippen molar-refractivity contribution < 1.29 is 9.90 Å². The van der Waals surface area contributed by atoms with E-state index in [1.807, 2.05) is 40.7 Å². The van der Waals surface area contributed by atoms with Crippen molar-refractivity contribution in [1.29, 1.82) is 0 Å². The van der Waals surface area contributed by atoms with E-state index in [9.17, 15) is 0 Å². The summed E-state index contributed by atoms with van der Waals surface area (Å²) in [5.74, 6) is 0.963. The highest BCUT2D eigenvalue weighted by atomic mass is 16.3. The minimum Gasteiger partial charge on any atom is -0.390 e. The Bertz CT molecular complexity index is 1100. The lowest BCUT2D eigenvalue weighted by Gasteiger charge is -2.11. The van der Waals surface area contributed by atoms with E-state index in [2.05, 4.69) is 118 Å². The van der Waals surface area contributed by atoms with Crippen LogP contribution in [0.1, 0.15) is 112 Å². The summed E-state index contributed by atoms with van der Waals surface area (Å²) >= 11 is 0. The lowest BCUT2D eigenvalue weighted by molar-refractivity contribution is -0.0980. The van der Waals surface area contributed by atoms with Gasteiger partial charge in [0.05, 0.1) is 11.3 Å². The van der Waals surface area contributed by atoms with Crippen molar-refractivity contribution >= 4 is 18.7 Å². The summed E-state index contributed by atoms with van der Waals surface area (Å²) in [6.07, 6.45) is 19.3. The number of hydrogen-bond donors (Lipinski definition) is 1. The molecule has 0 bridgehead atoms. The van der Waals surface area contributed by atoms with E-state index < -0.39 is 5.60 Å². The Morgan fingerprint density at radius 3 is 1.78 bits per heavy atom. The molecule has 1 N–H and O–H groups in total. The summed E-state index contributed by atoms with van der Waals surface area (Å²) < 4.78 is 0. The molecule has 0 saturated heterocycles. The van der Waals surface area contributed by atoms with Gasteiger partial charge in [-0.1, -0.05) is 115 Å². The van der Waals surface area contributed by atoms with Crippen molar-refractivity contribution in [2.75, 3.05) is 7.05 Å². The number of carbonyl (C=O) groups is 1. The molecule has 5 heteroatoms. The monoisotopic (exact) mass is 620 g/mol. The molecule has 252 valence electrons. The fourth-order valence-electron chi connectivity index (χ4n) is 3.44. The quantitative estimate of drug-likeness (QED) is 0.163. The van der Waals surface area contributed by atoms with Crippen LogP contribution in [0.5, 0.6) is 0 Å². The number of benzene rings is 2. The van der Waals surface area contributed by atoms with Crippen LogP contribution in [0.3, 0.4) is 0 Å². The third kappa shape index (κ3) is 30.2. The number of hydrogen-bond acceptors (Lipinski definition) is 5. The van der Waals surface area contributed by atoms with Crippen molar-refractivity contribution in [3.63, 3.8) is 0 Å². The molecular formula is C40H65N3O2. The topological polar surface area (TPSA) is 74.4 Å². The van der Waals surface area contributed by atoms with Crippen LogP contribution < -0.4 is 0 Å². The molecule has 0 aliphatic heterocycles. The largest absolute Gasteiger partial charge is 0.390 e. The molecule has 45 heavy (non-hydrogen) atoms. The van der Waals surface area contributed by atoms with Crippen molar-refractivity contribution in [1.82, 2.24) is 0 Å². The van der Waals surface area contributed by atoms with E-state index in [-0.39, 0.29) is 0 Å². The number of aliphatic imine (C=N–C) groups is 1. The van der Waals surface area contributed by atoms with Gasteiger partial charge < -0.3 is 9.90 Å². The maximum Gasteiger partial charge on any atom is 0.106 e. The van der Waals surface area contributed by atoms with Gasteiger partial charge >= 0.3 is 0 Å². The van der Waals surface area contributed by atoms with Gasteiger partial charge in [0.25, 0.3) is 0 Å². The first-order chi connectivity index (χ1) is 21.3. The van der Waals surface area contributed by atoms with Crippen molar-refractivity contribution in [2.24, 2.45) is 21.1 Å². The number of allylic oxidation sites excluding steroid dienone is 3. The minimum absolute atomic E-state index is 0.458. The van der Waals surface area contributed by atoms with Crippen LogP contribution >= 0.6 is 0 Å². The molecule has 0 spiro atoms. The highest BCUT2D eigenvalue weighted by molar-refractivity contribution is 5.79. The van der Waals surface area contributed by atoms with Crippen LogP contribution in [-0.2, 0) is 4.79 Å². The highest BCUT2D eigenvalue weighted by Gasteiger charge is 2.06. The normalized spacial score (nSPS) is 10.5. The lowest BCUT2D eigenvalue weighted by Crippen LogP contribution is -2.15. The minimum atomic E-state index is -0.458. The van der Waals surface area contributed by atoms with Crippen LogP contribution in [0, 0.1) is 32.6 Å². The fourth-order valence-corrected chi connectivity index (χ4v) is 3.44. The molecule has 0 saturated carbocycles. The Morgan fingerprint density at radius 1 is 0.956 bits per heavy atom. The molecule has 0 fully saturated rings. The van der Waals surface area contributed by atoms with Crippen molar-refractivity contribution in [3.05, 3.63) is 77.5 Å². The molecule has 0 heterocycles. The number of terminal acetylenes is 1. The van der Waals surface area contributed by atoms with Crippen LogP contribution in [0.2, 0.25) is 0 Å². The first-order valence-electron chi connectivity index (χ1n) is 15.9. The van der Waals surface area contributed by atoms with Gasteiger partial charge in [-0.2, -0.15) is 10.2 Å². The standard InChI is InChI=1S/C15H16N2.C9H15N.C8H18.C5H12O.C2H2.CH2O/c1-11-4-7-13(8-5-11)14-9-6-12(2)15(10-14)17-16-3;1-5-9(6-2)7-10-8(3)4;1-4-6-8(3)7-5-2;1-4-5(2,3)6;2*1-2/h4-10H,1-3H3;5,7H,3,6H2,1-2,4H3;8H,4-7H2,1-3H3;6H,4H2,1-3H3;1-2H;1H2/b;9-5-,10-7?;;;;. The number of rotatable bonds is 10. The van der Waals surface area contributed by atoms with Gasteiger partial charge in [-0.05, 0) is 88.6 Å². The second kappa shape index (κ2) is 31.8. The Balaban J connectivity index is -0.000000259. The SMILES string of the molecule is C#C.C=C(C)N=C/C(=C\C)CC.C=O.CCC(C)(C)O.CCCC(C)CCC.CN=Nc1cc(-c2ccc(C)cc2)ccc1C. The molecule has 5 nitrogen and oxygen atoms in total. The Hall–Kier alpha value is -3.62. The van der Waals surface area contributed by atoms with E-state index in [1.54, 1.807) is 20.9 Å². The molecule has 0 amide bonds. The van der Waals surface area contributed by atoms with Gasteiger partial charge in [-0.15, -0.1) is 12.8 Å². The second-order valence-corrected chi connectivity index (χ2v) is 11.2. The molecule has 0 aliphatic rings. The van der Waals surface area contributed by atoms with Gasteiger partial charge in [0.1, 0.15) is 6.79 Å². The predicted octanol–water partition coefficient (Wildman–Crippen LogP) is 12.1. The number of carbonyl (C=O) groups excluding carboxylic acids is 1. The third-order valence-electron chi connectivity index (χ3n) is 6.46. The van der Waals surface area contributed by atoms with Gasteiger partial charge in [-0.25, -0.2) is 0 Å². The summed E-state index contributed by atoms with van der Waals surface area (Å²) in [5.41, 5.74) is 7.39. The smallest absolute Gasteiger partial charge is 0.106 e. The average molecular weight is 620 g/mol. The second-order valence-electron chi connectivity index (χ2n) is 11.2. The Kier molecular flexibility index (Phi) is 34.1. The van der Waals surface area contributed by atoms with Gasteiger partial charge in [-0.3, -0.25) is 4.99 Å². The summed E-state index contributed by atoms with van der Waals surface area (Å²) in [6, 6.07) is 14.8. The highest BCUT2D eigenvalue weighted by Crippen LogP contribution is 2.27. The van der Waals surface area contributed by atoms with Gasteiger partial charge in [0, 0.05) is 19.0 Å². The average Bonchev–Trinajstić information content (AvgIpc) is 3.02. The molecule has 2 aromatic carbocycles. The van der Waals surface area contributed by atoms with Crippen LogP contribution in [0.15, 0.2) is 81.6 Å².